The second kappa shape index (κ2) is 5.32. The predicted molar refractivity (Wildman–Crippen MR) is 72.8 cm³/mol. The van der Waals surface area contributed by atoms with Crippen molar-refractivity contribution in [3.8, 4) is 16.9 Å². The maximum atomic E-state index is 11.2. The van der Waals surface area contributed by atoms with Crippen molar-refractivity contribution in [3.63, 3.8) is 0 Å². The number of phenols is 1. The van der Waals surface area contributed by atoms with Gasteiger partial charge in [0.2, 0.25) is 0 Å². The topological polar surface area (TPSA) is 37.3 Å². The predicted octanol–water partition coefficient (Wildman–Crippen LogP) is 3.60. The summed E-state index contributed by atoms with van der Waals surface area (Å²) in [4.78, 5) is 11.2. The van der Waals surface area contributed by atoms with Crippen LogP contribution in [0.25, 0.3) is 11.1 Å². The van der Waals surface area contributed by atoms with E-state index in [1.54, 1.807) is 6.08 Å². The number of hydrogen-bond donors (Lipinski definition) is 1. The van der Waals surface area contributed by atoms with E-state index in [9.17, 15) is 9.90 Å². The van der Waals surface area contributed by atoms with Gasteiger partial charge in [-0.3, -0.25) is 4.79 Å². The number of benzene rings is 2. The van der Waals surface area contributed by atoms with Crippen LogP contribution in [0.3, 0.4) is 0 Å². The highest BCUT2D eigenvalue weighted by Gasteiger charge is 2.12. The third kappa shape index (κ3) is 2.18. The fourth-order valence-corrected chi connectivity index (χ4v) is 1.96. The number of aromatic hydroxyl groups is 1. The number of aldehydes is 1. The van der Waals surface area contributed by atoms with Gasteiger partial charge in [0.25, 0.3) is 0 Å². The van der Waals surface area contributed by atoms with E-state index in [0.717, 1.165) is 11.1 Å². The average Bonchev–Trinajstić information content (AvgIpc) is 2.42. The van der Waals surface area contributed by atoms with Gasteiger partial charge in [-0.2, -0.15) is 0 Å². The van der Waals surface area contributed by atoms with Crippen LogP contribution in [0.2, 0.25) is 0 Å². The molecule has 2 heteroatoms. The molecule has 0 spiro atoms. The molecule has 0 amide bonds. The molecule has 0 aliphatic carbocycles. The highest BCUT2D eigenvalue weighted by Crippen LogP contribution is 2.31. The first-order valence-corrected chi connectivity index (χ1v) is 5.74. The maximum absolute atomic E-state index is 11.2. The molecule has 2 aromatic carbocycles. The van der Waals surface area contributed by atoms with Crippen molar-refractivity contribution in [2.45, 2.75) is 6.42 Å². The van der Waals surface area contributed by atoms with Gasteiger partial charge in [0.1, 0.15) is 5.75 Å². The second-order valence-corrected chi connectivity index (χ2v) is 4.01. The Balaban J connectivity index is 2.60. The zero-order chi connectivity index (χ0) is 13.0. The minimum absolute atomic E-state index is 0.0475. The molecule has 1 N–H and O–H groups in total. The van der Waals surface area contributed by atoms with Crippen molar-refractivity contribution in [1.82, 2.24) is 0 Å². The van der Waals surface area contributed by atoms with Crippen LogP contribution in [0.1, 0.15) is 15.9 Å². The molecule has 0 heterocycles. The summed E-state index contributed by atoms with van der Waals surface area (Å²) in [6, 6.07) is 13.2. The van der Waals surface area contributed by atoms with Gasteiger partial charge in [0.05, 0.1) is 5.56 Å². The van der Waals surface area contributed by atoms with E-state index in [2.05, 4.69) is 6.58 Å². The Morgan fingerprint density at radius 1 is 1.11 bits per heavy atom. The van der Waals surface area contributed by atoms with Crippen LogP contribution in [0, 0.1) is 0 Å². The molecule has 2 rings (SSSR count). The summed E-state index contributed by atoms with van der Waals surface area (Å²) in [5.41, 5.74) is 2.71. The third-order valence-corrected chi connectivity index (χ3v) is 2.87. The van der Waals surface area contributed by atoms with Gasteiger partial charge < -0.3 is 5.11 Å². The molecule has 0 atom stereocenters. The van der Waals surface area contributed by atoms with Gasteiger partial charge in [0, 0.05) is 0 Å². The molecule has 2 nitrogen and oxygen atoms in total. The zero-order valence-corrected chi connectivity index (χ0v) is 9.97. The minimum Gasteiger partial charge on any atom is -0.507 e. The molecule has 0 aliphatic rings. The Morgan fingerprint density at radius 3 is 2.44 bits per heavy atom. The summed E-state index contributed by atoms with van der Waals surface area (Å²) in [5, 5.41) is 10.1. The standard InChI is InChI=1S/C16H14O2/c1-2-6-13-9-10-14(15(11-17)16(13)18)12-7-4-3-5-8-12/h2-5,7-11,18H,1,6H2. The number of allylic oxidation sites excluding steroid dienone is 1. The molecule has 0 fully saturated rings. The smallest absolute Gasteiger partial charge is 0.154 e. The third-order valence-electron chi connectivity index (χ3n) is 2.87. The summed E-state index contributed by atoms with van der Waals surface area (Å²) in [6.07, 6.45) is 2.94. The van der Waals surface area contributed by atoms with Gasteiger partial charge in [-0.05, 0) is 23.1 Å². The van der Waals surface area contributed by atoms with Crippen LogP contribution in [0.15, 0.2) is 55.1 Å². The lowest BCUT2D eigenvalue weighted by atomic mass is 9.96. The highest BCUT2D eigenvalue weighted by atomic mass is 16.3. The van der Waals surface area contributed by atoms with Crippen LogP contribution in [-0.2, 0) is 6.42 Å². The van der Waals surface area contributed by atoms with E-state index in [4.69, 9.17) is 0 Å². The molecule has 90 valence electrons. The number of carbonyl (C=O) groups excluding carboxylic acids is 1. The average molecular weight is 238 g/mol. The first-order valence-electron chi connectivity index (χ1n) is 5.74. The van der Waals surface area contributed by atoms with E-state index in [1.807, 2.05) is 42.5 Å². The molecule has 0 unspecified atom stereocenters. The summed E-state index contributed by atoms with van der Waals surface area (Å²) in [7, 11) is 0. The zero-order valence-electron chi connectivity index (χ0n) is 9.97. The fourth-order valence-electron chi connectivity index (χ4n) is 1.96. The Bertz CT molecular complexity index is 571. The molecular formula is C16H14O2. The molecule has 0 saturated carbocycles. The molecule has 2 aromatic rings. The van der Waals surface area contributed by atoms with Crippen LogP contribution < -0.4 is 0 Å². The van der Waals surface area contributed by atoms with Crippen LogP contribution in [0.4, 0.5) is 0 Å². The normalized spacial score (nSPS) is 10.0. The van der Waals surface area contributed by atoms with E-state index in [0.29, 0.717) is 23.8 Å². The quantitative estimate of drug-likeness (QED) is 0.652. The first-order chi connectivity index (χ1) is 8.77. The van der Waals surface area contributed by atoms with E-state index in [1.165, 1.54) is 0 Å². The number of carbonyl (C=O) groups is 1. The Morgan fingerprint density at radius 2 is 1.83 bits per heavy atom. The fraction of sp³-hybridized carbons (Fsp3) is 0.0625. The first kappa shape index (κ1) is 12.1. The van der Waals surface area contributed by atoms with Crippen molar-refractivity contribution in [2.24, 2.45) is 0 Å². The SMILES string of the molecule is C=CCc1ccc(-c2ccccc2)c(C=O)c1O. The Hall–Kier alpha value is -2.35. The van der Waals surface area contributed by atoms with Crippen LogP contribution >= 0.6 is 0 Å². The van der Waals surface area contributed by atoms with Crippen LogP contribution in [-0.4, -0.2) is 11.4 Å². The van der Waals surface area contributed by atoms with Gasteiger partial charge >= 0.3 is 0 Å². The van der Waals surface area contributed by atoms with E-state index >= 15 is 0 Å². The van der Waals surface area contributed by atoms with E-state index in [-0.39, 0.29) is 5.75 Å². The minimum atomic E-state index is 0.0475. The summed E-state index contributed by atoms with van der Waals surface area (Å²) >= 11 is 0. The van der Waals surface area contributed by atoms with Crippen molar-refractivity contribution in [2.75, 3.05) is 0 Å². The highest BCUT2D eigenvalue weighted by molar-refractivity contribution is 5.91. The molecule has 0 saturated heterocycles. The number of rotatable bonds is 4. The molecule has 0 aromatic heterocycles. The van der Waals surface area contributed by atoms with Gasteiger partial charge in [-0.25, -0.2) is 0 Å². The second-order valence-electron chi connectivity index (χ2n) is 4.01. The summed E-state index contributed by atoms with van der Waals surface area (Å²) < 4.78 is 0. The van der Waals surface area contributed by atoms with Crippen LogP contribution in [0.5, 0.6) is 5.75 Å². The molecule has 18 heavy (non-hydrogen) atoms. The van der Waals surface area contributed by atoms with Crippen molar-refractivity contribution >= 4 is 6.29 Å². The summed E-state index contributed by atoms with van der Waals surface area (Å²) in [6.45, 7) is 3.63. The molecular weight excluding hydrogens is 224 g/mol. The lowest BCUT2D eigenvalue weighted by Gasteiger charge is -2.10. The maximum Gasteiger partial charge on any atom is 0.154 e. The Labute approximate surface area is 106 Å². The van der Waals surface area contributed by atoms with E-state index < -0.39 is 0 Å². The van der Waals surface area contributed by atoms with Gasteiger partial charge in [0.15, 0.2) is 6.29 Å². The lowest BCUT2D eigenvalue weighted by molar-refractivity contribution is 0.112. The number of hydrogen-bond acceptors (Lipinski definition) is 2. The lowest BCUT2D eigenvalue weighted by Crippen LogP contribution is -1.93. The summed E-state index contributed by atoms with van der Waals surface area (Å²) in [5.74, 6) is 0.0475. The van der Waals surface area contributed by atoms with Crippen molar-refractivity contribution < 1.29 is 9.90 Å². The van der Waals surface area contributed by atoms with Gasteiger partial charge in [-0.15, -0.1) is 6.58 Å². The van der Waals surface area contributed by atoms with Gasteiger partial charge in [-0.1, -0.05) is 48.5 Å². The molecule has 0 aliphatic heterocycles. The molecule has 0 bridgehead atoms. The van der Waals surface area contributed by atoms with Crippen molar-refractivity contribution in [3.05, 3.63) is 66.2 Å². The monoisotopic (exact) mass is 238 g/mol. The Kier molecular flexibility index (Phi) is 3.58. The number of phenolic OH excluding ortho intramolecular Hbond substituents is 1. The molecule has 0 radical (unpaired) electrons. The van der Waals surface area contributed by atoms with Crippen molar-refractivity contribution in [1.29, 1.82) is 0 Å². The largest absolute Gasteiger partial charge is 0.507 e.